The summed E-state index contributed by atoms with van der Waals surface area (Å²) in [6.07, 6.45) is 4.89. The molecule has 0 unspecified atom stereocenters. The van der Waals surface area contributed by atoms with Crippen molar-refractivity contribution in [2.45, 2.75) is 18.6 Å². The monoisotopic (exact) mass is 501 g/mol. The van der Waals surface area contributed by atoms with Crippen LogP contribution in [0.25, 0.3) is 0 Å². The number of carbonyl (C=O) groups excluding carboxylic acids is 3. The number of esters is 2. The number of piperidine rings is 2. The van der Waals surface area contributed by atoms with Crippen LogP contribution in [-0.4, -0.2) is 64.9 Å². The van der Waals surface area contributed by atoms with E-state index < -0.39 is 40.6 Å². The first-order chi connectivity index (χ1) is 18.0. The SMILES string of the molecule is COC(=O)[C@]12CNC[C@](C(=O)OC)(C1=O)[C@@H](c1ccccn1)N(Cc1ccccn1)[C@H]2c1ccccn1. The normalized spacial score (nSPS) is 27.4. The Morgan fingerprint density at radius 3 is 1.73 bits per heavy atom. The number of pyridine rings is 3. The van der Waals surface area contributed by atoms with E-state index in [9.17, 15) is 14.4 Å². The first-order valence-corrected chi connectivity index (χ1v) is 11.9. The van der Waals surface area contributed by atoms with Gasteiger partial charge in [0.15, 0.2) is 16.6 Å². The molecule has 4 atom stereocenters. The summed E-state index contributed by atoms with van der Waals surface area (Å²) in [4.78, 5) is 57.6. The minimum absolute atomic E-state index is 0.0356. The number of ether oxygens (including phenoxy) is 2. The Balaban J connectivity index is 1.85. The van der Waals surface area contributed by atoms with Crippen molar-refractivity contribution in [1.82, 2.24) is 25.2 Å². The Labute approximate surface area is 214 Å². The summed E-state index contributed by atoms with van der Waals surface area (Å²) >= 11 is 0. The van der Waals surface area contributed by atoms with Crippen molar-refractivity contribution in [1.29, 1.82) is 0 Å². The lowest BCUT2D eigenvalue weighted by molar-refractivity contribution is -0.198. The van der Waals surface area contributed by atoms with Crippen LogP contribution in [0.15, 0.2) is 73.2 Å². The molecule has 2 aliphatic heterocycles. The Bertz CT molecular complexity index is 1210. The highest BCUT2D eigenvalue weighted by atomic mass is 16.5. The number of methoxy groups -OCH3 is 2. The van der Waals surface area contributed by atoms with Gasteiger partial charge in [0, 0.05) is 38.2 Å². The zero-order valence-corrected chi connectivity index (χ0v) is 20.5. The van der Waals surface area contributed by atoms with Gasteiger partial charge < -0.3 is 14.8 Å². The second-order valence-corrected chi connectivity index (χ2v) is 9.17. The summed E-state index contributed by atoms with van der Waals surface area (Å²) in [5.41, 5.74) is -1.91. The average molecular weight is 502 g/mol. The van der Waals surface area contributed by atoms with E-state index in [0.717, 1.165) is 0 Å². The number of Topliss-reactive ketones (excluding diaryl/α,β-unsaturated/α-hetero) is 1. The van der Waals surface area contributed by atoms with Crippen molar-refractivity contribution in [3.8, 4) is 0 Å². The first kappa shape index (κ1) is 24.7. The highest BCUT2D eigenvalue weighted by Gasteiger charge is 2.74. The number of nitrogens with one attached hydrogen (secondary N) is 1. The van der Waals surface area contributed by atoms with Crippen LogP contribution in [0.2, 0.25) is 0 Å². The van der Waals surface area contributed by atoms with Gasteiger partial charge >= 0.3 is 11.9 Å². The molecule has 2 bridgehead atoms. The molecule has 3 aromatic heterocycles. The number of nitrogens with zero attached hydrogens (tertiary/aromatic N) is 4. The molecule has 5 rings (SSSR count). The van der Waals surface area contributed by atoms with Crippen molar-refractivity contribution in [2.24, 2.45) is 10.8 Å². The van der Waals surface area contributed by atoms with E-state index in [4.69, 9.17) is 9.47 Å². The van der Waals surface area contributed by atoms with E-state index in [1.165, 1.54) is 14.2 Å². The summed E-state index contributed by atoms with van der Waals surface area (Å²) in [6, 6.07) is 14.4. The molecule has 0 radical (unpaired) electrons. The first-order valence-electron chi connectivity index (χ1n) is 11.9. The fourth-order valence-electron chi connectivity index (χ4n) is 5.87. The number of likely N-dealkylation sites (tertiary alicyclic amines) is 1. The van der Waals surface area contributed by atoms with Crippen molar-refractivity contribution in [3.05, 3.63) is 90.3 Å². The third-order valence-corrected chi connectivity index (χ3v) is 7.32. The molecule has 3 aromatic rings. The fourth-order valence-corrected chi connectivity index (χ4v) is 5.87. The fraction of sp³-hybridized carbons (Fsp3) is 0.333. The van der Waals surface area contributed by atoms with E-state index >= 15 is 0 Å². The van der Waals surface area contributed by atoms with Crippen molar-refractivity contribution >= 4 is 17.7 Å². The number of hydrogen-bond donors (Lipinski definition) is 1. The van der Waals surface area contributed by atoms with E-state index in [1.54, 1.807) is 61.1 Å². The molecular formula is C27H27N5O5. The van der Waals surface area contributed by atoms with E-state index in [2.05, 4.69) is 20.3 Å². The Hall–Kier alpha value is -4.02. The molecule has 10 nitrogen and oxygen atoms in total. The van der Waals surface area contributed by atoms with Crippen LogP contribution >= 0.6 is 0 Å². The molecule has 2 fully saturated rings. The van der Waals surface area contributed by atoms with E-state index in [1.807, 2.05) is 17.0 Å². The van der Waals surface area contributed by atoms with Gasteiger partial charge in [0.05, 0.1) is 43.4 Å². The van der Waals surface area contributed by atoms with Crippen molar-refractivity contribution in [2.75, 3.05) is 27.3 Å². The maximum absolute atomic E-state index is 14.7. The van der Waals surface area contributed by atoms with E-state index in [0.29, 0.717) is 17.1 Å². The zero-order chi connectivity index (χ0) is 26.0. The van der Waals surface area contributed by atoms with Crippen LogP contribution in [0.1, 0.15) is 29.2 Å². The second-order valence-electron chi connectivity index (χ2n) is 9.17. The third-order valence-electron chi connectivity index (χ3n) is 7.32. The van der Waals surface area contributed by atoms with Gasteiger partial charge in [-0.2, -0.15) is 0 Å². The number of rotatable bonds is 6. The Morgan fingerprint density at radius 1 is 0.838 bits per heavy atom. The molecule has 0 spiro atoms. The summed E-state index contributed by atoms with van der Waals surface area (Å²) in [5, 5.41) is 3.19. The van der Waals surface area contributed by atoms with Crippen LogP contribution in [-0.2, 0) is 30.4 Å². The lowest BCUT2D eigenvalue weighted by Crippen LogP contribution is -2.75. The quantitative estimate of drug-likeness (QED) is 0.394. The van der Waals surface area contributed by atoms with E-state index in [-0.39, 0.29) is 19.6 Å². The zero-order valence-electron chi connectivity index (χ0n) is 20.5. The number of fused-ring (bicyclic) bond motifs is 2. The summed E-state index contributed by atoms with van der Waals surface area (Å²) in [7, 11) is 2.48. The largest absolute Gasteiger partial charge is 0.468 e. The molecule has 0 aromatic carbocycles. The molecule has 37 heavy (non-hydrogen) atoms. The molecule has 2 saturated heterocycles. The van der Waals surface area contributed by atoms with Gasteiger partial charge in [-0.3, -0.25) is 34.2 Å². The average Bonchev–Trinajstić information content (AvgIpc) is 2.94. The lowest BCUT2D eigenvalue weighted by atomic mass is 9.55. The van der Waals surface area contributed by atoms with Gasteiger partial charge in [0.25, 0.3) is 0 Å². The minimum Gasteiger partial charge on any atom is -0.468 e. The number of carbonyl (C=O) groups is 3. The molecule has 5 heterocycles. The summed E-state index contributed by atoms with van der Waals surface area (Å²) in [5.74, 6) is -2.07. The Kier molecular flexibility index (Phi) is 6.53. The van der Waals surface area contributed by atoms with Crippen LogP contribution in [0.4, 0.5) is 0 Å². The minimum atomic E-state index is -1.78. The lowest BCUT2D eigenvalue weighted by Gasteiger charge is -2.59. The van der Waals surface area contributed by atoms with Gasteiger partial charge in [-0.15, -0.1) is 0 Å². The van der Waals surface area contributed by atoms with Gasteiger partial charge in [-0.25, -0.2) is 0 Å². The van der Waals surface area contributed by atoms with Gasteiger partial charge in [0.2, 0.25) is 0 Å². The third kappa shape index (κ3) is 3.71. The topological polar surface area (TPSA) is 124 Å². The molecule has 0 aliphatic carbocycles. The van der Waals surface area contributed by atoms with Crippen LogP contribution < -0.4 is 5.32 Å². The van der Waals surface area contributed by atoms with Crippen LogP contribution in [0, 0.1) is 10.8 Å². The summed E-state index contributed by atoms with van der Waals surface area (Å²) < 4.78 is 10.5. The summed E-state index contributed by atoms with van der Waals surface area (Å²) in [6.45, 7) is 0.131. The molecule has 10 heteroatoms. The number of hydrogen-bond acceptors (Lipinski definition) is 10. The molecule has 0 amide bonds. The van der Waals surface area contributed by atoms with Crippen molar-refractivity contribution < 1.29 is 23.9 Å². The predicted octanol–water partition coefficient (Wildman–Crippen LogP) is 1.66. The van der Waals surface area contributed by atoms with Crippen LogP contribution in [0.3, 0.4) is 0 Å². The van der Waals surface area contributed by atoms with Crippen LogP contribution in [0.5, 0.6) is 0 Å². The number of aromatic nitrogens is 3. The van der Waals surface area contributed by atoms with Gasteiger partial charge in [0.1, 0.15) is 0 Å². The van der Waals surface area contributed by atoms with Gasteiger partial charge in [-0.1, -0.05) is 18.2 Å². The molecular weight excluding hydrogens is 474 g/mol. The molecule has 0 saturated carbocycles. The number of ketones is 1. The highest BCUT2D eigenvalue weighted by Crippen LogP contribution is 2.59. The maximum atomic E-state index is 14.7. The molecule has 2 aliphatic rings. The van der Waals surface area contributed by atoms with Crippen molar-refractivity contribution in [3.63, 3.8) is 0 Å². The Morgan fingerprint density at radius 2 is 1.32 bits per heavy atom. The highest BCUT2D eigenvalue weighted by molar-refractivity contribution is 6.17. The predicted molar refractivity (Wildman–Crippen MR) is 131 cm³/mol. The molecule has 190 valence electrons. The maximum Gasteiger partial charge on any atom is 0.322 e. The molecule has 1 N–H and O–H groups in total. The smallest absolute Gasteiger partial charge is 0.322 e. The second kappa shape index (κ2) is 9.79. The van der Waals surface area contributed by atoms with Gasteiger partial charge in [-0.05, 0) is 36.4 Å². The standard InChI is InChI=1S/C27H27N5O5/c1-36-24(34)26-16-28-17-27(23(26)33,25(35)37-2)22(20-11-5-8-14-31-20)32(15-18-9-3-6-12-29-18)21(26)19-10-4-7-13-30-19/h3-14,21-22,28H,15-17H2,1-2H3/t21-,22+,26-,27+.